The number of nitrogens with one attached hydrogen (secondary N) is 1. The summed E-state index contributed by atoms with van der Waals surface area (Å²) in [6.45, 7) is 6.26. The van der Waals surface area contributed by atoms with Crippen molar-refractivity contribution in [1.29, 1.82) is 0 Å². The summed E-state index contributed by atoms with van der Waals surface area (Å²) in [5, 5.41) is 1.07. The summed E-state index contributed by atoms with van der Waals surface area (Å²) in [5.41, 5.74) is 2.28. The van der Waals surface area contributed by atoms with Gasteiger partial charge in [-0.25, -0.2) is 4.79 Å². The molecule has 0 rings (SSSR count). The Kier molecular flexibility index (Phi) is 8.06. The summed E-state index contributed by atoms with van der Waals surface area (Å²) in [6, 6.07) is 0. The van der Waals surface area contributed by atoms with E-state index in [0.29, 0.717) is 0 Å². The Bertz CT molecular complexity index is 178. The predicted octanol–water partition coefficient (Wildman–Crippen LogP) is 3.04. The zero-order valence-electron chi connectivity index (χ0n) is 9.94. The Hall–Kier alpha value is -0.0900. The lowest BCUT2D eigenvalue weighted by Gasteiger charge is -2.16. The molecule has 0 atom stereocenters. The van der Waals surface area contributed by atoms with Crippen LogP contribution in [0.25, 0.3) is 0 Å². The van der Waals surface area contributed by atoms with Crippen molar-refractivity contribution in [1.82, 2.24) is 5.48 Å². The van der Waals surface area contributed by atoms with Crippen LogP contribution in [-0.2, 0) is 9.63 Å². The van der Waals surface area contributed by atoms with Crippen molar-refractivity contribution in [2.75, 3.05) is 11.9 Å². The van der Waals surface area contributed by atoms with E-state index in [4.69, 9.17) is 4.84 Å². The highest BCUT2D eigenvalue weighted by Gasteiger charge is 2.23. The predicted molar refractivity (Wildman–Crippen MR) is 65.8 cm³/mol. The fourth-order valence-electron chi connectivity index (χ4n) is 0.915. The van der Waals surface area contributed by atoms with Crippen LogP contribution >= 0.6 is 15.9 Å². The van der Waals surface area contributed by atoms with Crippen LogP contribution in [0.2, 0.25) is 0 Å². The number of unbranched alkanes of at least 4 members (excludes halogenated alkanes) is 3. The van der Waals surface area contributed by atoms with Gasteiger partial charge < -0.3 is 4.84 Å². The van der Waals surface area contributed by atoms with Crippen LogP contribution in [-0.4, -0.2) is 17.8 Å². The van der Waals surface area contributed by atoms with Crippen LogP contribution in [0.4, 0.5) is 0 Å². The second-order valence-corrected chi connectivity index (χ2v) is 5.43. The lowest BCUT2D eigenvalue weighted by atomic mass is 9.98. The minimum Gasteiger partial charge on any atom is -0.370 e. The van der Waals surface area contributed by atoms with Crippen LogP contribution < -0.4 is 5.48 Å². The number of carbonyl (C=O) groups excluding carboxylic acids is 1. The Balaban J connectivity index is 3.28. The topological polar surface area (TPSA) is 38.3 Å². The molecule has 1 N–H and O–H groups in total. The molecule has 0 fully saturated rings. The number of hydroxylamine groups is 1. The molecule has 4 heteroatoms. The van der Waals surface area contributed by atoms with Crippen molar-refractivity contribution in [2.24, 2.45) is 5.41 Å². The Morgan fingerprint density at radius 1 is 1.20 bits per heavy atom. The highest BCUT2D eigenvalue weighted by atomic mass is 79.9. The van der Waals surface area contributed by atoms with Gasteiger partial charge in [0, 0.05) is 11.9 Å². The van der Waals surface area contributed by atoms with Gasteiger partial charge in [-0.15, -0.1) is 0 Å². The summed E-state index contributed by atoms with van der Waals surface area (Å²) >= 11 is 3.39. The molecule has 0 aliphatic rings. The minimum absolute atomic E-state index is 0.206. The highest BCUT2D eigenvalue weighted by molar-refractivity contribution is 9.09. The lowest BCUT2D eigenvalue weighted by Crippen LogP contribution is -2.30. The van der Waals surface area contributed by atoms with Crippen molar-refractivity contribution >= 4 is 21.9 Å². The first-order valence-electron chi connectivity index (χ1n) is 5.48. The number of hydrogen-bond acceptors (Lipinski definition) is 3. The van der Waals surface area contributed by atoms with Crippen molar-refractivity contribution in [3.63, 3.8) is 0 Å². The third kappa shape index (κ3) is 8.88. The molecule has 0 amide bonds. The maximum atomic E-state index is 11.3. The molecule has 0 aliphatic carbocycles. The second kappa shape index (κ2) is 8.11. The van der Waals surface area contributed by atoms with Gasteiger partial charge in [0.15, 0.2) is 0 Å². The van der Waals surface area contributed by atoms with Crippen LogP contribution in [0.5, 0.6) is 0 Å². The molecule has 15 heavy (non-hydrogen) atoms. The quantitative estimate of drug-likeness (QED) is 0.442. The fourth-order valence-corrected chi connectivity index (χ4v) is 1.31. The van der Waals surface area contributed by atoms with Gasteiger partial charge in [-0.3, -0.25) is 0 Å². The van der Waals surface area contributed by atoms with E-state index in [0.717, 1.165) is 18.3 Å². The molecule has 0 aliphatic heterocycles. The summed E-state index contributed by atoms with van der Waals surface area (Å²) in [6.07, 6.45) is 4.65. The smallest absolute Gasteiger partial charge is 0.329 e. The third-order valence-corrected chi connectivity index (χ3v) is 2.50. The molecular weight excluding hydrogens is 258 g/mol. The maximum Gasteiger partial charge on any atom is 0.329 e. The van der Waals surface area contributed by atoms with Gasteiger partial charge in [-0.1, -0.05) is 28.8 Å². The van der Waals surface area contributed by atoms with Crippen molar-refractivity contribution in [3.05, 3.63) is 0 Å². The molecular formula is C11H22BrNO2. The normalized spacial score (nSPS) is 11.5. The molecule has 0 aromatic carbocycles. The number of hydrogen-bond donors (Lipinski definition) is 1. The van der Waals surface area contributed by atoms with E-state index in [1.54, 1.807) is 0 Å². The number of rotatable bonds is 7. The van der Waals surface area contributed by atoms with Crippen molar-refractivity contribution in [2.45, 2.75) is 46.5 Å². The van der Waals surface area contributed by atoms with Crippen molar-refractivity contribution < 1.29 is 9.63 Å². The molecule has 3 nitrogen and oxygen atoms in total. The average Bonchev–Trinajstić information content (AvgIpc) is 2.14. The van der Waals surface area contributed by atoms with E-state index in [1.165, 1.54) is 19.3 Å². The van der Waals surface area contributed by atoms with Crippen LogP contribution in [0.1, 0.15) is 46.5 Å². The highest BCUT2D eigenvalue weighted by Crippen LogP contribution is 2.14. The van der Waals surface area contributed by atoms with E-state index < -0.39 is 5.41 Å². The van der Waals surface area contributed by atoms with Gasteiger partial charge >= 0.3 is 5.97 Å². The maximum absolute atomic E-state index is 11.3. The van der Waals surface area contributed by atoms with Gasteiger partial charge in [0.25, 0.3) is 0 Å². The van der Waals surface area contributed by atoms with Gasteiger partial charge in [-0.05, 0) is 33.6 Å². The molecule has 0 unspecified atom stereocenters. The van der Waals surface area contributed by atoms with Gasteiger partial charge in [0.05, 0.1) is 5.41 Å². The van der Waals surface area contributed by atoms with Crippen molar-refractivity contribution in [3.8, 4) is 0 Å². The van der Waals surface area contributed by atoms with Gasteiger partial charge in [-0.2, -0.15) is 5.48 Å². The lowest BCUT2D eigenvalue weighted by molar-refractivity contribution is -0.160. The largest absolute Gasteiger partial charge is 0.370 e. The van der Waals surface area contributed by atoms with E-state index in [9.17, 15) is 4.79 Å². The van der Waals surface area contributed by atoms with E-state index in [1.807, 2.05) is 20.8 Å². The number of alkyl halides is 1. The number of halogens is 1. The van der Waals surface area contributed by atoms with E-state index in [-0.39, 0.29) is 5.97 Å². The molecule has 0 spiro atoms. The fraction of sp³-hybridized carbons (Fsp3) is 0.909. The molecule has 90 valence electrons. The summed E-state index contributed by atoms with van der Waals surface area (Å²) < 4.78 is 0. The molecule has 0 aromatic heterocycles. The Labute approximate surface area is 101 Å². The first-order valence-corrected chi connectivity index (χ1v) is 6.60. The molecule has 0 bridgehead atoms. The molecule has 0 radical (unpaired) electrons. The molecule has 0 saturated carbocycles. The van der Waals surface area contributed by atoms with Crippen LogP contribution in [0, 0.1) is 5.41 Å². The van der Waals surface area contributed by atoms with Crippen LogP contribution in [0.3, 0.4) is 0 Å². The van der Waals surface area contributed by atoms with E-state index in [2.05, 4.69) is 21.4 Å². The zero-order chi connectivity index (χ0) is 11.7. The summed E-state index contributed by atoms with van der Waals surface area (Å²) in [7, 11) is 0. The Morgan fingerprint density at radius 3 is 2.33 bits per heavy atom. The molecule has 0 aromatic rings. The summed E-state index contributed by atoms with van der Waals surface area (Å²) in [4.78, 5) is 16.2. The third-order valence-electron chi connectivity index (χ3n) is 1.94. The van der Waals surface area contributed by atoms with E-state index >= 15 is 0 Å². The monoisotopic (exact) mass is 279 g/mol. The molecule has 0 heterocycles. The average molecular weight is 280 g/mol. The van der Waals surface area contributed by atoms with Gasteiger partial charge in [0.2, 0.25) is 0 Å². The second-order valence-electron chi connectivity index (χ2n) is 4.64. The first kappa shape index (κ1) is 14.9. The standard InChI is InChI=1S/C11H22BrNO2/c1-11(2,3)10(14)15-13-9-7-5-4-6-8-12/h13H,4-9H2,1-3H3. The zero-order valence-corrected chi connectivity index (χ0v) is 11.5. The first-order chi connectivity index (χ1) is 6.98. The number of carbonyl (C=O) groups is 1. The van der Waals surface area contributed by atoms with Gasteiger partial charge in [0.1, 0.15) is 0 Å². The van der Waals surface area contributed by atoms with Crippen LogP contribution in [0.15, 0.2) is 0 Å². The molecule has 0 saturated heterocycles. The minimum atomic E-state index is -0.428. The SMILES string of the molecule is CC(C)(C)C(=O)ONCCCCCCBr. The Morgan fingerprint density at radius 2 is 1.80 bits per heavy atom. The summed E-state index contributed by atoms with van der Waals surface area (Å²) in [5.74, 6) is -0.206.